The van der Waals surface area contributed by atoms with Crippen LogP contribution in [0.15, 0.2) is 18.2 Å². The standard InChI is InChI=1S/C10H13NO2S/c12-14(13)7-9-3-1-2-8-6-11-5-4-10(8)9/h1-3,11,14H,4-7H2. The lowest BCUT2D eigenvalue weighted by atomic mass is 9.96. The lowest BCUT2D eigenvalue weighted by Gasteiger charge is -2.19. The average molecular weight is 211 g/mol. The van der Waals surface area contributed by atoms with Gasteiger partial charge in [-0.25, -0.2) is 8.42 Å². The summed E-state index contributed by atoms with van der Waals surface area (Å²) in [5.41, 5.74) is 3.44. The van der Waals surface area contributed by atoms with Crippen LogP contribution in [-0.4, -0.2) is 15.0 Å². The highest BCUT2D eigenvalue weighted by Crippen LogP contribution is 2.19. The van der Waals surface area contributed by atoms with Gasteiger partial charge in [-0.2, -0.15) is 0 Å². The van der Waals surface area contributed by atoms with E-state index in [4.69, 9.17) is 0 Å². The van der Waals surface area contributed by atoms with Crippen molar-refractivity contribution < 1.29 is 8.42 Å². The number of hydrogen-bond acceptors (Lipinski definition) is 3. The molecule has 14 heavy (non-hydrogen) atoms. The fraction of sp³-hybridized carbons (Fsp3) is 0.400. The van der Waals surface area contributed by atoms with Gasteiger partial charge in [-0.15, -0.1) is 0 Å². The van der Waals surface area contributed by atoms with Crippen molar-refractivity contribution in [2.45, 2.75) is 18.7 Å². The Morgan fingerprint density at radius 1 is 1.36 bits per heavy atom. The van der Waals surface area contributed by atoms with Gasteiger partial charge in [-0.05, 0) is 29.7 Å². The summed E-state index contributed by atoms with van der Waals surface area (Å²) in [5, 5.41) is 3.27. The maximum Gasteiger partial charge on any atom is 0.144 e. The van der Waals surface area contributed by atoms with Crippen LogP contribution in [0.5, 0.6) is 0 Å². The SMILES string of the molecule is O=[SH](=O)Cc1cccc2c1CCNC2. The van der Waals surface area contributed by atoms with Crippen molar-refractivity contribution in [3.05, 3.63) is 34.9 Å². The highest BCUT2D eigenvalue weighted by atomic mass is 32.2. The van der Waals surface area contributed by atoms with Gasteiger partial charge in [0.05, 0.1) is 5.75 Å². The van der Waals surface area contributed by atoms with Gasteiger partial charge in [0.15, 0.2) is 0 Å². The van der Waals surface area contributed by atoms with E-state index in [-0.39, 0.29) is 5.75 Å². The number of fused-ring (bicyclic) bond motifs is 1. The van der Waals surface area contributed by atoms with Crippen molar-refractivity contribution in [3.63, 3.8) is 0 Å². The van der Waals surface area contributed by atoms with Gasteiger partial charge >= 0.3 is 0 Å². The third-order valence-corrected chi connectivity index (χ3v) is 3.14. The van der Waals surface area contributed by atoms with Crippen molar-refractivity contribution in [1.29, 1.82) is 0 Å². The van der Waals surface area contributed by atoms with Crippen LogP contribution in [-0.2, 0) is 29.4 Å². The van der Waals surface area contributed by atoms with E-state index >= 15 is 0 Å². The van der Waals surface area contributed by atoms with Crippen LogP contribution in [0.3, 0.4) is 0 Å². The van der Waals surface area contributed by atoms with Crippen LogP contribution < -0.4 is 5.32 Å². The second-order valence-corrected chi connectivity index (χ2v) is 4.45. The van der Waals surface area contributed by atoms with Gasteiger partial charge < -0.3 is 5.32 Å². The van der Waals surface area contributed by atoms with Crippen LogP contribution in [0.2, 0.25) is 0 Å². The Bertz CT molecular complexity index is 405. The van der Waals surface area contributed by atoms with Gasteiger partial charge in [0.2, 0.25) is 0 Å². The maximum absolute atomic E-state index is 10.7. The van der Waals surface area contributed by atoms with Crippen molar-refractivity contribution in [1.82, 2.24) is 5.32 Å². The van der Waals surface area contributed by atoms with E-state index in [1.165, 1.54) is 11.1 Å². The van der Waals surface area contributed by atoms with Gasteiger partial charge in [-0.3, -0.25) is 0 Å². The predicted octanol–water partition coefficient (Wildman–Crippen LogP) is 0.444. The molecule has 0 aromatic heterocycles. The molecule has 1 aromatic rings. The zero-order valence-electron chi connectivity index (χ0n) is 7.82. The molecule has 4 heteroatoms. The highest BCUT2D eigenvalue weighted by molar-refractivity contribution is 7.71. The molecule has 1 aliphatic rings. The Morgan fingerprint density at radius 3 is 3.00 bits per heavy atom. The molecular formula is C10H13NO2S. The molecule has 1 heterocycles. The molecule has 2 rings (SSSR count). The molecule has 0 atom stereocenters. The highest BCUT2D eigenvalue weighted by Gasteiger charge is 2.12. The molecule has 0 radical (unpaired) electrons. The first-order chi connectivity index (χ1) is 6.77. The largest absolute Gasteiger partial charge is 0.312 e. The minimum atomic E-state index is -2.31. The molecule has 0 saturated heterocycles. The molecule has 1 aromatic carbocycles. The Kier molecular flexibility index (Phi) is 2.84. The second kappa shape index (κ2) is 4.11. The summed E-state index contributed by atoms with van der Waals surface area (Å²) in [6, 6.07) is 5.90. The maximum atomic E-state index is 10.7. The zero-order valence-corrected chi connectivity index (χ0v) is 8.72. The van der Waals surface area contributed by atoms with E-state index in [0.717, 1.165) is 25.1 Å². The number of thiol groups is 1. The summed E-state index contributed by atoms with van der Waals surface area (Å²) >= 11 is 0. The monoisotopic (exact) mass is 211 g/mol. The van der Waals surface area contributed by atoms with E-state index in [1.54, 1.807) is 0 Å². The van der Waals surface area contributed by atoms with Crippen molar-refractivity contribution in [2.24, 2.45) is 0 Å². The third-order valence-electron chi connectivity index (χ3n) is 2.54. The molecule has 0 unspecified atom stereocenters. The topological polar surface area (TPSA) is 46.2 Å². The molecule has 0 bridgehead atoms. The summed E-state index contributed by atoms with van der Waals surface area (Å²) in [7, 11) is -2.31. The van der Waals surface area contributed by atoms with Crippen LogP contribution >= 0.6 is 0 Å². The normalized spacial score (nSPS) is 15.5. The van der Waals surface area contributed by atoms with E-state index < -0.39 is 10.7 Å². The number of nitrogens with one attached hydrogen (secondary N) is 1. The second-order valence-electron chi connectivity index (χ2n) is 3.47. The molecular weight excluding hydrogens is 198 g/mol. The molecule has 0 saturated carbocycles. The molecule has 0 fully saturated rings. The summed E-state index contributed by atoms with van der Waals surface area (Å²) in [5.74, 6) is 0.179. The Labute approximate surface area is 85.1 Å². The fourth-order valence-electron chi connectivity index (χ4n) is 1.90. The third kappa shape index (κ3) is 1.96. The van der Waals surface area contributed by atoms with Crippen LogP contribution in [0, 0.1) is 0 Å². The molecule has 0 amide bonds. The van der Waals surface area contributed by atoms with E-state index in [9.17, 15) is 8.42 Å². The molecule has 1 aliphatic heterocycles. The zero-order chi connectivity index (χ0) is 9.97. The number of rotatable bonds is 2. The Balaban J connectivity index is 2.39. The first-order valence-electron chi connectivity index (χ1n) is 4.69. The smallest absolute Gasteiger partial charge is 0.144 e. The molecule has 0 spiro atoms. The van der Waals surface area contributed by atoms with Crippen molar-refractivity contribution in [3.8, 4) is 0 Å². The Morgan fingerprint density at radius 2 is 2.21 bits per heavy atom. The summed E-state index contributed by atoms with van der Waals surface area (Å²) < 4.78 is 21.4. The minimum absolute atomic E-state index is 0.179. The van der Waals surface area contributed by atoms with Crippen LogP contribution in [0.1, 0.15) is 16.7 Å². The minimum Gasteiger partial charge on any atom is -0.312 e. The number of benzene rings is 1. The van der Waals surface area contributed by atoms with Crippen molar-refractivity contribution >= 4 is 10.7 Å². The van der Waals surface area contributed by atoms with E-state index in [2.05, 4.69) is 11.4 Å². The van der Waals surface area contributed by atoms with Gasteiger partial charge in [-0.1, -0.05) is 18.2 Å². The Hall–Kier alpha value is -0.870. The molecule has 1 N–H and O–H groups in total. The van der Waals surface area contributed by atoms with Gasteiger partial charge in [0.25, 0.3) is 0 Å². The summed E-state index contributed by atoms with van der Waals surface area (Å²) in [6.07, 6.45) is 0.939. The van der Waals surface area contributed by atoms with Crippen LogP contribution in [0.25, 0.3) is 0 Å². The van der Waals surface area contributed by atoms with E-state index in [0.29, 0.717) is 0 Å². The van der Waals surface area contributed by atoms with Crippen molar-refractivity contribution in [2.75, 3.05) is 6.54 Å². The number of hydrogen-bond donors (Lipinski definition) is 2. The first kappa shape index (κ1) is 9.68. The molecule has 76 valence electrons. The first-order valence-corrected chi connectivity index (χ1v) is 6.06. The molecule has 0 aliphatic carbocycles. The fourth-order valence-corrected chi connectivity index (χ4v) is 2.47. The van der Waals surface area contributed by atoms with E-state index in [1.807, 2.05) is 12.1 Å². The van der Waals surface area contributed by atoms with Gasteiger partial charge in [0, 0.05) is 6.54 Å². The summed E-state index contributed by atoms with van der Waals surface area (Å²) in [4.78, 5) is 0. The summed E-state index contributed by atoms with van der Waals surface area (Å²) in [6.45, 7) is 1.80. The average Bonchev–Trinajstić information content (AvgIpc) is 2.18. The predicted molar refractivity (Wildman–Crippen MR) is 55.9 cm³/mol. The van der Waals surface area contributed by atoms with Crippen LogP contribution in [0.4, 0.5) is 0 Å². The molecule has 3 nitrogen and oxygen atoms in total. The lowest BCUT2D eigenvalue weighted by molar-refractivity contribution is 0.612. The quantitative estimate of drug-likeness (QED) is 0.698. The van der Waals surface area contributed by atoms with Gasteiger partial charge in [0.1, 0.15) is 10.7 Å². The lowest BCUT2D eigenvalue weighted by Crippen LogP contribution is -2.24.